The molecule has 1 heterocycles. The Morgan fingerprint density at radius 3 is 2.32 bits per heavy atom. The Labute approximate surface area is 369 Å². The van der Waals surface area contributed by atoms with Gasteiger partial charge in [0.2, 0.25) is 11.7 Å². The average Bonchev–Trinajstić information content (AvgIpc) is 4.16. The maximum atomic E-state index is 14.1. The first-order valence-electron chi connectivity index (χ1n) is 22.3. The quantitative estimate of drug-likeness (QED) is 0.0383. The number of oxime groups is 1. The van der Waals surface area contributed by atoms with Crippen LogP contribution in [0.15, 0.2) is 127 Å². The number of rotatable bonds is 20. The molecule has 0 saturated heterocycles. The summed E-state index contributed by atoms with van der Waals surface area (Å²) in [6.45, 7) is 4.45. The SMILES string of the molecule is C=CCOC12Oc3ccc(Oc4ccc(-c5ccccc5)cc4)cc3C3C(CCCCO)C(CCCCO)C=C(C(=NOCc4ccc([N+](=O)[O-])cc4)CC1N(C)C(=O)C1CC1)C32. The second-order valence-electron chi connectivity index (χ2n) is 17.2. The van der Waals surface area contributed by atoms with Crippen molar-refractivity contribution in [3.63, 3.8) is 0 Å². The van der Waals surface area contributed by atoms with Crippen molar-refractivity contribution < 1.29 is 39.0 Å². The summed E-state index contributed by atoms with van der Waals surface area (Å²) in [5.41, 5.74) is 5.50. The molecule has 4 aliphatic rings. The average molecular weight is 856 g/mol. The van der Waals surface area contributed by atoms with Crippen molar-refractivity contribution in [2.24, 2.45) is 28.8 Å². The number of non-ortho nitro benzene ring substituents is 1. The topological polar surface area (TPSA) is 153 Å². The molecule has 12 heteroatoms. The van der Waals surface area contributed by atoms with Crippen molar-refractivity contribution >= 4 is 17.3 Å². The summed E-state index contributed by atoms with van der Waals surface area (Å²) in [7, 11) is 1.83. The summed E-state index contributed by atoms with van der Waals surface area (Å²) in [4.78, 5) is 32.9. The molecule has 4 aromatic rings. The van der Waals surface area contributed by atoms with Gasteiger partial charge in [-0.05, 0) is 115 Å². The van der Waals surface area contributed by atoms with Gasteiger partial charge in [-0.3, -0.25) is 14.9 Å². The molecule has 1 aliphatic heterocycles. The first-order valence-corrected chi connectivity index (χ1v) is 22.3. The number of carbonyl (C=O) groups is 1. The van der Waals surface area contributed by atoms with Crippen LogP contribution in [0.2, 0.25) is 0 Å². The molecule has 330 valence electrons. The third kappa shape index (κ3) is 9.44. The largest absolute Gasteiger partial charge is 0.459 e. The van der Waals surface area contributed by atoms with E-state index in [1.165, 1.54) is 12.1 Å². The van der Waals surface area contributed by atoms with Gasteiger partial charge in [0, 0.05) is 56.2 Å². The molecule has 2 fully saturated rings. The van der Waals surface area contributed by atoms with Crippen LogP contribution in [-0.2, 0) is 21.0 Å². The van der Waals surface area contributed by atoms with Gasteiger partial charge in [-0.2, -0.15) is 0 Å². The molecule has 63 heavy (non-hydrogen) atoms. The minimum atomic E-state index is -1.34. The standard InChI is InChI=1S/C51H57N3O9/c1-3-29-60-51-47(53(2)50(57)37-17-18-37)32-45(52-61-33-34-15-21-39(22-16-34)54(58)59)43-30-38(13-7-9-27-55)42(14-8-10-28-56)48(49(43)51)44-31-41(25-26-46(44)63-51)62-40-23-19-36(20-24-40)35-11-5-4-6-12-35/h3-6,11-12,15-16,19-26,30-31,37-38,42,47-49,55-56H,1,7-10,13-14,17-18,27-29,32-33H2,2H3. The zero-order valence-corrected chi connectivity index (χ0v) is 35.8. The Hall–Kier alpha value is -5.82. The number of hydrogen-bond donors (Lipinski definition) is 2. The zero-order valence-electron chi connectivity index (χ0n) is 35.8. The van der Waals surface area contributed by atoms with Gasteiger partial charge in [0.15, 0.2) is 0 Å². The lowest BCUT2D eigenvalue weighted by Gasteiger charge is -2.59. The number of ether oxygens (including phenoxy) is 3. The number of carbonyl (C=O) groups excluding carboxylic acids is 1. The minimum absolute atomic E-state index is 0.00861. The molecule has 0 bridgehead atoms. The molecule has 12 nitrogen and oxygen atoms in total. The molecular weight excluding hydrogens is 799 g/mol. The first-order chi connectivity index (χ1) is 30.7. The van der Waals surface area contributed by atoms with E-state index in [1.54, 1.807) is 23.1 Å². The number of hydrogen-bond acceptors (Lipinski definition) is 10. The van der Waals surface area contributed by atoms with E-state index in [4.69, 9.17) is 24.2 Å². The second kappa shape index (κ2) is 19.7. The zero-order chi connectivity index (χ0) is 43.9. The molecule has 3 aliphatic carbocycles. The molecular formula is C51H57N3O9. The highest BCUT2D eigenvalue weighted by atomic mass is 16.7. The monoisotopic (exact) mass is 855 g/mol. The third-order valence-electron chi connectivity index (χ3n) is 13.1. The van der Waals surface area contributed by atoms with Gasteiger partial charge in [-0.15, -0.1) is 6.58 Å². The van der Waals surface area contributed by atoms with Crippen LogP contribution in [0.25, 0.3) is 11.1 Å². The summed E-state index contributed by atoms with van der Waals surface area (Å²) in [6, 6.07) is 29.8. The van der Waals surface area contributed by atoms with E-state index in [9.17, 15) is 25.1 Å². The van der Waals surface area contributed by atoms with Crippen LogP contribution in [0.1, 0.15) is 74.8 Å². The highest BCUT2D eigenvalue weighted by Crippen LogP contribution is 2.62. The lowest BCUT2D eigenvalue weighted by molar-refractivity contribution is -0.384. The maximum Gasteiger partial charge on any atom is 0.269 e. The van der Waals surface area contributed by atoms with Crippen LogP contribution in [0.4, 0.5) is 5.69 Å². The van der Waals surface area contributed by atoms with Gasteiger partial charge in [-0.25, -0.2) is 0 Å². The van der Waals surface area contributed by atoms with Gasteiger partial charge in [0.25, 0.3) is 5.69 Å². The van der Waals surface area contributed by atoms with Crippen LogP contribution in [0.3, 0.4) is 0 Å². The summed E-state index contributed by atoms with van der Waals surface area (Å²) in [5.74, 6) is 0.0983. The number of likely N-dealkylation sites (N-methyl/N-ethyl adjacent to an activating group) is 1. The molecule has 0 spiro atoms. The van der Waals surface area contributed by atoms with E-state index in [2.05, 4.69) is 43.0 Å². The number of nitrogens with zero attached hydrogens (tertiary/aromatic N) is 3. The Morgan fingerprint density at radius 2 is 1.63 bits per heavy atom. The van der Waals surface area contributed by atoms with Crippen LogP contribution in [-0.4, -0.2) is 70.4 Å². The predicted octanol–water partition coefficient (Wildman–Crippen LogP) is 9.76. The number of aliphatic hydroxyl groups excluding tert-OH is 2. The van der Waals surface area contributed by atoms with E-state index >= 15 is 0 Å². The number of unbranched alkanes of at least 4 members (excludes halogenated alkanes) is 2. The summed E-state index contributed by atoms with van der Waals surface area (Å²) < 4.78 is 20.9. The van der Waals surface area contributed by atoms with E-state index in [1.807, 2.05) is 49.5 Å². The van der Waals surface area contributed by atoms with Crippen LogP contribution < -0.4 is 9.47 Å². The normalized spacial score (nSPS) is 24.0. The highest BCUT2D eigenvalue weighted by molar-refractivity contribution is 6.03. The van der Waals surface area contributed by atoms with E-state index < -0.39 is 22.7 Å². The highest BCUT2D eigenvalue weighted by Gasteiger charge is 2.65. The number of fused-ring (bicyclic) bond motifs is 2. The van der Waals surface area contributed by atoms with E-state index in [0.717, 1.165) is 66.4 Å². The lowest BCUT2D eigenvalue weighted by atomic mass is 9.55. The molecule has 8 rings (SSSR count). The molecule has 1 amide bonds. The molecule has 6 unspecified atom stereocenters. The number of allylic oxidation sites excluding steroid dienone is 1. The summed E-state index contributed by atoms with van der Waals surface area (Å²) in [5, 5.41) is 36.0. The molecule has 2 N–H and O–H groups in total. The van der Waals surface area contributed by atoms with Crippen molar-refractivity contribution in [3.05, 3.63) is 143 Å². The lowest BCUT2D eigenvalue weighted by Crippen LogP contribution is -2.69. The van der Waals surface area contributed by atoms with E-state index in [-0.39, 0.29) is 68.1 Å². The first kappa shape index (κ1) is 43.8. The Balaban J connectivity index is 1.24. The van der Waals surface area contributed by atoms with Crippen LogP contribution >= 0.6 is 0 Å². The van der Waals surface area contributed by atoms with Crippen LogP contribution in [0, 0.1) is 33.8 Å². The number of aliphatic hydroxyl groups is 2. The Bertz CT molecular complexity index is 2290. The molecule has 0 aromatic heterocycles. The second-order valence-corrected chi connectivity index (χ2v) is 17.2. The molecule has 6 atom stereocenters. The maximum absolute atomic E-state index is 14.1. The van der Waals surface area contributed by atoms with Gasteiger partial charge in [-0.1, -0.05) is 72.6 Å². The van der Waals surface area contributed by atoms with Crippen molar-refractivity contribution in [3.8, 4) is 28.4 Å². The number of amides is 1. The third-order valence-corrected chi connectivity index (χ3v) is 13.1. The molecule has 0 radical (unpaired) electrons. The van der Waals surface area contributed by atoms with Gasteiger partial charge >= 0.3 is 0 Å². The predicted molar refractivity (Wildman–Crippen MR) is 240 cm³/mol. The number of benzene rings is 4. The fraction of sp³-hybridized carbons (Fsp3) is 0.412. The van der Waals surface area contributed by atoms with Crippen molar-refractivity contribution in [2.75, 3.05) is 26.9 Å². The Kier molecular flexibility index (Phi) is 13.7. The van der Waals surface area contributed by atoms with E-state index in [0.29, 0.717) is 35.8 Å². The Morgan fingerprint density at radius 1 is 0.937 bits per heavy atom. The molecule has 4 aromatic carbocycles. The minimum Gasteiger partial charge on any atom is -0.459 e. The van der Waals surface area contributed by atoms with Gasteiger partial charge < -0.3 is 34.2 Å². The smallest absolute Gasteiger partial charge is 0.269 e. The van der Waals surface area contributed by atoms with Gasteiger partial charge in [0.05, 0.1) is 23.2 Å². The summed E-state index contributed by atoms with van der Waals surface area (Å²) >= 11 is 0. The van der Waals surface area contributed by atoms with Gasteiger partial charge in [0.1, 0.15) is 29.9 Å². The fourth-order valence-electron chi connectivity index (χ4n) is 9.94. The van der Waals surface area contributed by atoms with Crippen molar-refractivity contribution in [1.82, 2.24) is 4.90 Å². The fourth-order valence-corrected chi connectivity index (χ4v) is 9.94. The molecule has 2 saturated carbocycles. The van der Waals surface area contributed by atoms with Crippen molar-refractivity contribution in [2.45, 2.75) is 82.1 Å². The summed E-state index contributed by atoms with van der Waals surface area (Å²) in [6.07, 6.45) is 10.5. The number of nitro groups is 1. The van der Waals surface area contributed by atoms with Crippen molar-refractivity contribution in [1.29, 1.82) is 0 Å². The van der Waals surface area contributed by atoms with Crippen LogP contribution in [0.5, 0.6) is 17.2 Å². The number of nitro benzene ring substituents is 1.